The maximum absolute atomic E-state index is 10.3. The predicted octanol–water partition coefficient (Wildman–Crippen LogP) is -1.05. The molecule has 0 bridgehead atoms. The van der Waals surface area contributed by atoms with Gasteiger partial charge in [0.25, 0.3) is 0 Å². The molecular weight excluding hydrogens is 230 g/mol. The van der Waals surface area contributed by atoms with Gasteiger partial charge in [-0.15, -0.1) is 5.10 Å². The summed E-state index contributed by atoms with van der Waals surface area (Å²) in [6.45, 7) is 0.238. The second kappa shape index (κ2) is 4.68. The highest BCUT2D eigenvalue weighted by Crippen LogP contribution is 2.09. The van der Waals surface area contributed by atoms with Crippen molar-refractivity contribution in [2.24, 2.45) is 0 Å². The first-order valence-electron chi connectivity index (χ1n) is 3.43. The van der Waals surface area contributed by atoms with E-state index in [2.05, 4.69) is 21.8 Å². The van der Waals surface area contributed by atoms with Crippen molar-refractivity contribution in [1.82, 2.24) is 24.9 Å². The van der Waals surface area contributed by atoms with Crippen LogP contribution in [0.5, 0.6) is 0 Å². The first kappa shape index (κ1) is 11.4. The van der Waals surface area contributed by atoms with Crippen molar-refractivity contribution in [2.75, 3.05) is 6.54 Å². The molecule has 0 aromatic carbocycles. The average Bonchev–Trinajstić information content (AvgIpc) is 2.49. The first-order valence-corrected chi connectivity index (χ1v) is 5.86. The summed E-state index contributed by atoms with van der Waals surface area (Å²) >= 11 is 1.10. The molecule has 8 nitrogen and oxygen atoms in total. The van der Waals surface area contributed by atoms with Crippen LogP contribution in [0.2, 0.25) is 0 Å². The molecule has 0 aliphatic rings. The standard InChI is InChI=1S/C4H8N5O3S2/c1-13-4-6-7-8-9(4)3-2-5-14(10,11)12/h5H,1-3H2,(H,10,11,12). The molecule has 79 valence electrons. The van der Waals surface area contributed by atoms with E-state index in [1.54, 1.807) is 0 Å². The molecule has 0 aliphatic carbocycles. The molecule has 0 atom stereocenters. The fourth-order valence-electron chi connectivity index (χ4n) is 0.721. The largest absolute Gasteiger partial charge is 0.333 e. The van der Waals surface area contributed by atoms with E-state index in [0.717, 1.165) is 11.8 Å². The molecule has 0 amide bonds. The van der Waals surface area contributed by atoms with E-state index in [1.165, 1.54) is 4.68 Å². The smallest absolute Gasteiger partial charge is 0.273 e. The third-order valence-corrected chi connectivity index (χ3v) is 2.36. The van der Waals surface area contributed by atoms with E-state index in [4.69, 9.17) is 4.55 Å². The predicted molar refractivity (Wildman–Crippen MR) is 48.6 cm³/mol. The van der Waals surface area contributed by atoms with Gasteiger partial charge >= 0.3 is 10.3 Å². The summed E-state index contributed by atoms with van der Waals surface area (Å²) in [6, 6.07) is 0. The van der Waals surface area contributed by atoms with Crippen LogP contribution in [-0.2, 0) is 16.8 Å². The Morgan fingerprint density at radius 1 is 1.64 bits per heavy atom. The quantitative estimate of drug-likeness (QED) is 0.497. The van der Waals surface area contributed by atoms with E-state index >= 15 is 0 Å². The first-order chi connectivity index (χ1) is 6.53. The number of hydrogen-bond donors (Lipinski definition) is 2. The minimum absolute atomic E-state index is 0.0113. The number of hydrogen-bond acceptors (Lipinski definition) is 6. The number of tetrazole rings is 1. The molecule has 10 heteroatoms. The lowest BCUT2D eigenvalue weighted by atomic mass is 10.7. The second-order valence-corrected chi connectivity index (χ2v) is 4.09. The molecule has 1 aromatic heterocycles. The molecule has 0 aliphatic heterocycles. The third-order valence-electron chi connectivity index (χ3n) is 1.24. The van der Waals surface area contributed by atoms with Gasteiger partial charge in [0.2, 0.25) is 5.16 Å². The zero-order valence-electron chi connectivity index (χ0n) is 6.99. The molecule has 1 aromatic rings. The maximum Gasteiger partial charge on any atom is 0.333 e. The monoisotopic (exact) mass is 238 g/mol. The maximum atomic E-state index is 10.3. The fraction of sp³-hybridized carbons (Fsp3) is 0.500. The summed E-state index contributed by atoms with van der Waals surface area (Å²) in [5.41, 5.74) is 0. The molecule has 0 saturated carbocycles. The molecule has 1 heterocycles. The Labute approximate surface area is 84.9 Å². The van der Waals surface area contributed by atoms with Crippen molar-refractivity contribution in [2.45, 2.75) is 11.7 Å². The summed E-state index contributed by atoms with van der Waals surface area (Å²) in [6.07, 6.45) is 3.51. The van der Waals surface area contributed by atoms with Gasteiger partial charge in [0.05, 0.1) is 6.54 Å². The number of nitrogens with one attached hydrogen (secondary N) is 1. The molecule has 0 fully saturated rings. The topological polar surface area (TPSA) is 110 Å². The van der Waals surface area contributed by atoms with Gasteiger partial charge < -0.3 is 0 Å². The van der Waals surface area contributed by atoms with E-state index in [-0.39, 0.29) is 13.1 Å². The van der Waals surface area contributed by atoms with Crippen LogP contribution in [-0.4, -0.2) is 39.7 Å². The van der Waals surface area contributed by atoms with Crippen LogP contribution in [0.4, 0.5) is 0 Å². The Morgan fingerprint density at radius 3 is 2.93 bits per heavy atom. The van der Waals surface area contributed by atoms with Crippen molar-refractivity contribution in [3.8, 4) is 0 Å². The van der Waals surface area contributed by atoms with Crippen LogP contribution in [0.3, 0.4) is 0 Å². The van der Waals surface area contributed by atoms with E-state index in [1.807, 2.05) is 4.72 Å². The Morgan fingerprint density at radius 2 is 2.36 bits per heavy atom. The summed E-state index contributed by atoms with van der Waals surface area (Å²) in [4.78, 5) is 0. The Kier molecular flexibility index (Phi) is 3.80. The summed E-state index contributed by atoms with van der Waals surface area (Å²) < 4.78 is 32.2. The Bertz CT molecular complexity index is 387. The molecule has 0 spiro atoms. The number of rotatable bonds is 5. The Balaban J connectivity index is 2.46. The zero-order valence-corrected chi connectivity index (χ0v) is 8.62. The highest BCUT2D eigenvalue weighted by atomic mass is 32.2. The van der Waals surface area contributed by atoms with Crippen LogP contribution in [0.25, 0.3) is 0 Å². The minimum atomic E-state index is -4.15. The van der Waals surface area contributed by atoms with Crippen molar-refractivity contribution in [3.05, 3.63) is 6.26 Å². The molecule has 0 unspecified atom stereocenters. The molecular formula is C4H8N5O3S2. The average molecular weight is 238 g/mol. The van der Waals surface area contributed by atoms with Gasteiger partial charge in [-0.3, -0.25) is 4.55 Å². The van der Waals surface area contributed by atoms with Gasteiger partial charge in [0.15, 0.2) is 0 Å². The zero-order chi connectivity index (χ0) is 10.6. The van der Waals surface area contributed by atoms with Gasteiger partial charge in [-0.2, -0.15) is 13.1 Å². The van der Waals surface area contributed by atoms with E-state index in [9.17, 15) is 8.42 Å². The molecule has 2 N–H and O–H groups in total. The normalized spacial score (nSPS) is 11.9. The molecule has 1 radical (unpaired) electrons. The number of nitrogens with zero attached hydrogens (tertiary/aromatic N) is 4. The van der Waals surface area contributed by atoms with Crippen molar-refractivity contribution in [3.63, 3.8) is 0 Å². The van der Waals surface area contributed by atoms with Gasteiger partial charge in [-0.25, -0.2) is 4.68 Å². The summed E-state index contributed by atoms with van der Waals surface area (Å²) in [5, 5.41) is 11.0. The molecule has 1 rings (SSSR count). The van der Waals surface area contributed by atoms with Crippen LogP contribution >= 0.6 is 11.8 Å². The van der Waals surface area contributed by atoms with Crippen molar-refractivity contribution >= 4 is 22.1 Å². The van der Waals surface area contributed by atoms with Gasteiger partial charge in [-0.05, 0) is 10.4 Å². The molecule has 0 saturated heterocycles. The highest BCUT2D eigenvalue weighted by Gasteiger charge is 2.06. The highest BCUT2D eigenvalue weighted by molar-refractivity contribution is 8.00. The van der Waals surface area contributed by atoms with Crippen molar-refractivity contribution in [1.29, 1.82) is 0 Å². The SMILES string of the molecule is [CH2]Sc1nnnn1CCNS(=O)(=O)O. The van der Waals surface area contributed by atoms with Gasteiger partial charge in [0, 0.05) is 12.8 Å². The van der Waals surface area contributed by atoms with Crippen LogP contribution in [0.1, 0.15) is 0 Å². The fourth-order valence-corrected chi connectivity index (χ4v) is 1.44. The minimum Gasteiger partial charge on any atom is -0.273 e. The number of aromatic nitrogens is 4. The van der Waals surface area contributed by atoms with E-state index in [0.29, 0.717) is 5.16 Å². The third kappa shape index (κ3) is 3.57. The van der Waals surface area contributed by atoms with Crippen LogP contribution in [0, 0.1) is 6.26 Å². The van der Waals surface area contributed by atoms with Gasteiger partial charge in [0.1, 0.15) is 0 Å². The second-order valence-electron chi connectivity index (χ2n) is 2.20. The van der Waals surface area contributed by atoms with Crippen LogP contribution in [0.15, 0.2) is 5.16 Å². The van der Waals surface area contributed by atoms with Crippen LogP contribution < -0.4 is 4.72 Å². The lowest BCUT2D eigenvalue weighted by molar-refractivity contribution is 0.458. The van der Waals surface area contributed by atoms with Crippen molar-refractivity contribution < 1.29 is 13.0 Å². The van der Waals surface area contributed by atoms with E-state index < -0.39 is 10.3 Å². The molecule has 14 heavy (non-hydrogen) atoms. The Hall–Kier alpha value is -0.710. The summed E-state index contributed by atoms with van der Waals surface area (Å²) in [7, 11) is -4.15. The van der Waals surface area contributed by atoms with Gasteiger partial charge in [-0.1, -0.05) is 11.8 Å². The lowest BCUT2D eigenvalue weighted by Gasteiger charge is -2.01. The number of thioether (sulfide) groups is 1. The lowest BCUT2D eigenvalue weighted by Crippen LogP contribution is -2.27. The summed E-state index contributed by atoms with van der Waals surface area (Å²) in [5.74, 6) is 0.